The normalized spacial score (nSPS) is 23.3. The Kier molecular flexibility index (Phi) is 3.11. The highest BCUT2D eigenvalue weighted by molar-refractivity contribution is 7.10. The molecule has 15 heavy (non-hydrogen) atoms. The number of nitrogens with zero attached hydrogens (tertiary/aromatic N) is 3. The number of likely N-dealkylation sites (N-methyl/N-ethyl adjacent to an activating group) is 1. The zero-order valence-corrected chi connectivity index (χ0v) is 10.1. The van der Waals surface area contributed by atoms with E-state index < -0.39 is 0 Å². The van der Waals surface area contributed by atoms with Crippen LogP contribution in [0.4, 0.5) is 10.8 Å². The molecule has 0 spiro atoms. The Morgan fingerprint density at radius 1 is 1.60 bits per heavy atom. The molecule has 0 aliphatic carbocycles. The summed E-state index contributed by atoms with van der Waals surface area (Å²) in [5, 5.41) is 1.21. The second kappa shape index (κ2) is 4.37. The van der Waals surface area contributed by atoms with E-state index in [2.05, 4.69) is 28.1 Å². The van der Waals surface area contributed by atoms with Crippen molar-refractivity contribution in [2.75, 3.05) is 37.3 Å². The second-order valence-electron chi connectivity index (χ2n) is 4.08. The summed E-state index contributed by atoms with van der Waals surface area (Å²) in [6, 6.07) is 2.63. The summed E-state index contributed by atoms with van der Waals surface area (Å²) in [6.07, 6.45) is 1.20. The van der Waals surface area contributed by atoms with E-state index in [-0.39, 0.29) is 0 Å². The number of rotatable bonds is 2. The van der Waals surface area contributed by atoms with Gasteiger partial charge in [-0.05, 0) is 25.0 Å². The van der Waals surface area contributed by atoms with Crippen molar-refractivity contribution in [1.82, 2.24) is 9.27 Å². The molecule has 0 radical (unpaired) electrons. The Balaban J connectivity index is 2.06. The quantitative estimate of drug-likeness (QED) is 0.824. The van der Waals surface area contributed by atoms with Gasteiger partial charge in [-0.1, -0.05) is 6.92 Å². The highest BCUT2D eigenvalue weighted by Crippen LogP contribution is 2.25. The van der Waals surface area contributed by atoms with Crippen molar-refractivity contribution < 1.29 is 0 Å². The summed E-state index contributed by atoms with van der Waals surface area (Å²) in [5.74, 6) is 0.641. The smallest absolute Gasteiger partial charge is 0.139 e. The van der Waals surface area contributed by atoms with Crippen LogP contribution in [0.3, 0.4) is 0 Å². The van der Waals surface area contributed by atoms with Gasteiger partial charge in [-0.2, -0.15) is 4.37 Å². The van der Waals surface area contributed by atoms with Gasteiger partial charge in [0.1, 0.15) is 10.8 Å². The monoisotopic (exact) mass is 226 g/mol. The third kappa shape index (κ3) is 2.23. The zero-order valence-electron chi connectivity index (χ0n) is 9.31. The van der Waals surface area contributed by atoms with Gasteiger partial charge in [0.25, 0.3) is 0 Å². The zero-order chi connectivity index (χ0) is 10.8. The molecule has 1 aromatic heterocycles. The molecule has 0 saturated carbocycles. The average Bonchev–Trinajstić information content (AvgIpc) is 2.66. The summed E-state index contributed by atoms with van der Waals surface area (Å²) < 4.78 is 4.13. The van der Waals surface area contributed by atoms with Gasteiger partial charge in [-0.25, -0.2) is 0 Å². The molecule has 1 aliphatic heterocycles. The van der Waals surface area contributed by atoms with Crippen molar-refractivity contribution in [3.05, 3.63) is 6.07 Å². The fourth-order valence-electron chi connectivity index (χ4n) is 2.01. The first kappa shape index (κ1) is 10.7. The fraction of sp³-hybridized carbons (Fsp3) is 0.700. The minimum absolute atomic E-state index is 0.641. The molecule has 1 saturated heterocycles. The summed E-state index contributed by atoms with van der Waals surface area (Å²) in [4.78, 5) is 4.82. The molecule has 1 atom stereocenters. The van der Waals surface area contributed by atoms with Gasteiger partial charge < -0.3 is 10.6 Å². The van der Waals surface area contributed by atoms with Crippen molar-refractivity contribution >= 4 is 22.4 Å². The molecular weight excluding hydrogens is 208 g/mol. The van der Waals surface area contributed by atoms with Crippen molar-refractivity contribution in [2.45, 2.75) is 19.4 Å². The minimum Gasteiger partial charge on any atom is -0.383 e. The van der Waals surface area contributed by atoms with Crippen LogP contribution >= 0.6 is 11.5 Å². The van der Waals surface area contributed by atoms with Crippen LogP contribution in [0.1, 0.15) is 13.3 Å². The first-order valence-electron chi connectivity index (χ1n) is 5.38. The molecule has 1 aliphatic rings. The number of aromatic nitrogens is 1. The number of hydrogen-bond donors (Lipinski definition) is 1. The first-order chi connectivity index (χ1) is 7.20. The van der Waals surface area contributed by atoms with E-state index in [4.69, 9.17) is 5.73 Å². The number of hydrogen-bond acceptors (Lipinski definition) is 5. The predicted molar refractivity (Wildman–Crippen MR) is 65.4 cm³/mol. The predicted octanol–water partition coefficient (Wildman–Crippen LogP) is 1.26. The highest BCUT2D eigenvalue weighted by atomic mass is 32.1. The van der Waals surface area contributed by atoms with Gasteiger partial charge in [0.05, 0.1) is 0 Å². The highest BCUT2D eigenvalue weighted by Gasteiger charge is 2.23. The largest absolute Gasteiger partial charge is 0.383 e. The van der Waals surface area contributed by atoms with Gasteiger partial charge in [0.2, 0.25) is 0 Å². The van der Waals surface area contributed by atoms with Crippen molar-refractivity contribution in [1.29, 1.82) is 0 Å². The van der Waals surface area contributed by atoms with E-state index in [0.29, 0.717) is 11.9 Å². The molecule has 0 bridgehead atoms. The molecule has 1 unspecified atom stereocenters. The molecule has 2 rings (SSSR count). The molecule has 1 fully saturated rings. The van der Waals surface area contributed by atoms with E-state index in [1.54, 1.807) is 0 Å². The fourth-order valence-corrected chi connectivity index (χ4v) is 2.72. The Bertz CT molecular complexity index is 325. The SMILES string of the molecule is CCC1CN(c2cc(N)ns2)CCN1C. The van der Waals surface area contributed by atoms with E-state index in [0.717, 1.165) is 19.6 Å². The number of nitrogens with two attached hydrogens (primary N) is 1. The average molecular weight is 226 g/mol. The lowest BCUT2D eigenvalue weighted by atomic mass is 10.1. The molecular formula is C10H18N4S. The van der Waals surface area contributed by atoms with Gasteiger partial charge in [-0.3, -0.25) is 4.90 Å². The minimum atomic E-state index is 0.641. The lowest BCUT2D eigenvalue weighted by Gasteiger charge is -2.39. The van der Waals surface area contributed by atoms with Crippen LogP contribution in [-0.4, -0.2) is 42.0 Å². The molecule has 1 aromatic rings. The van der Waals surface area contributed by atoms with E-state index in [1.165, 1.54) is 23.0 Å². The molecule has 84 valence electrons. The summed E-state index contributed by atoms with van der Waals surface area (Å²) >= 11 is 1.50. The van der Waals surface area contributed by atoms with Crippen molar-refractivity contribution in [3.8, 4) is 0 Å². The summed E-state index contributed by atoms with van der Waals surface area (Å²) in [5.41, 5.74) is 5.64. The molecule has 2 heterocycles. The van der Waals surface area contributed by atoms with E-state index in [9.17, 15) is 0 Å². The summed E-state index contributed by atoms with van der Waals surface area (Å²) in [7, 11) is 2.20. The first-order valence-corrected chi connectivity index (χ1v) is 6.15. The third-order valence-electron chi connectivity index (χ3n) is 3.08. The van der Waals surface area contributed by atoms with E-state index in [1.807, 2.05) is 6.07 Å². The maximum Gasteiger partial charge on any atom is 0.139 e. The molecule has 5 heteroatoms. The second-order valence-corrected chi connectivity index (χ2v) is 4.86. The lowest BCUT2D eigenvalue weighted by Crippen LogP contribution is -2.51. The van der Waals surface area contributed by atoms with Crippen molar-refractivity contribution in [3.63, 3.8) is 0 Å². The van der Waals surface area contributed by atoms with Crippen LogP contribution in [0.2, 0.25) is 0 Å². The number of piperazine rings is 1. The van der Waals surface area contributed by atoms with Crippen LogP contribution in [0.5, 0.6) is 0 Å². The van der Waals surface area contributed by atoms with Crippen LogP contribution in [0.15, 0.2) is 6.07 Å². The van der Waals surface area contributed by atoms with Gasteiger partial charge in [-0.15, -0.1) is 0 Å². The standard InChI is InChI=1S/C10H18N4S/c1-3-8-7-14(5-4-13(8)2)10-6-9(11)12-15-10/h6,8H,3-5,7H2,1-2H3,(H2,11,12). The number of nitrogen functional groups attached to an aromatic ring is 1. The van der Waals surface area contributed by atoms with Crippen LogP contribution in [-0.2, 0) is 0 Å². The lowest BCUT2D eigenvalue weighted by molar-refractivity contribution is 0.214. The van der Waals surface area contributed by atoms with Gasteiger partial charge in [0, 0.05) is 31.7 Å². The maximum atomic E-state index is 5.64. The number of anilines is 2. The van der Waals surface area contributed by atoms with Gasteiger partial charge >= 0.3 is 0 Å². The van der Waals surface area contributed by atoms with Crippen LogP contribution in [0, 0.1) is 0 Å². The Labute approximate surface area is 94.8 Å². The molecule has 0 aromatic carbocycles. The Morgan fingerprint density at radius 3 is 3.00 bits per heavy atom. The van der Waals surface area contributed by atoms with Crippen molar-refractivity contribution in [2.24, 2.45) is 0 Å². The molecule has 2 N–H and O–H groups in total. The Morgan fingerprint density at radius 2 is 2.40 bits per heavy atom. The summed E-state index contributed by atoms with van der Waals surface area (Å²) in [6.45, 7) is 5.53. The Hall–Kier alpha value is -0.810. The van der Waals surface area contributed by atoms with Gasteiger partial charge in [0.15, 0.2) is 0 Å². The molecule has 4 nitrogen and oxygen atoms in total. The topological polar surface area (TPSA) is 45.4 Å². The van der Waals surface area contributed by atoms with Crippen LogP contribution < -0.4 is 10.6 Å². The van der Waals surface area contributed by atoms with E-state index >= 15 is 0 Å². The molecule has 0 amide bonds. The van der Waals surface area contributed by atoms with Crippen LogP contribution in [0.25, 0.3) is 0 Å². The third-order valence-corrected chi connectivity index (χ3v) is 3.94. The maximum absolute atomic E-state index is 5.64.